The maximum atomic E-state index is 12.3. The van der Waals surface area contributed by atoms with Gasteiger partial charge in [0.05, 0.1) is 12.0 Å². The molecular formula is C13H20N2O2S. The van der Waals surface area contributed by atoms with E-state index >= 15 is 0 Å². The van der Waals surface area contributed by atoms with Crippen LogP contribution >= 0.6 is 11.3 Å². The largest absolute Gasteiger partial charge is 0.496 e. The van der Waals surface area contributed by atoms with E-state index in [-0.39, 0.29) is 5.91 Å². The molecule has 4 nitrogen and oxygen atoms in total. The van der Waals surface area contributed by atoms with Gasteiger partial charge in [-0.15, -0.1) is 11.3 Å². The van der Waals surface area contributed by atoms with Crippen LogP contribution in [-0.4, -0.2) is 44.6 Å². The zero-order chi connectivity index (χ0) is 13.0. The number of nitrogens with one attached hydrogen (secondary N) is 1. The summed E-state index contributed by atoms with van der Waals surface area (Å²) in [6.07, 6.45) is 2.30. The quantitative estimate of drug-likeness (QED) is 0.906. The third kappa shape index (κ3) is 3.03. The molecule has 1 atom stereocenters. The lowest BCUT2D eigenvalue weighted by atomic mass is 9.98. The minimum atomic E-state index is 0.143. The van der Waals surface area contributed by atoms with Crippen LogP contribution < -0.4 is 10.1 Å². The molecule has 1 fully saturated rings. The molecule has 18 heavy (non-hydrogen) atoms. The molecule has 100 valence electrons. The highest BCUT2D eigenvalue weighted by Gasteiger charge is 2.24. The minimum absolute atomic E-state index is 0.143. The molecule has 0 aliphatic carbocycles. The maximum absolute atomic E-state index is 12.3. The second-order valence-corrected chi connectivity index (χ2v) is 5.58. The number of carbonyl (C=O) groups is 1. The van der Waals surface area contributed by atoms with Crippen molar-refractivity contribution >= 4 is 17.2 Å². The van der Waals surface area contributed by atoms with E-state index in [9.17, 15) is 4.79 Å². The summed E-state index contributed by atoms with van der Waals surface area (Å²) in [5.41, 5.74) is 0. The molecule has 0 radical (unpaired) electrons. The van der Waals surface area contributed by atoms with E-state index < -0.39 is 0 Å². The Morgan fingerprint density at radius 2 is 2.50 bits per heavy atom. The second kappa shape index (κ2) is 6.20. The second-order valence-electron chi connectivity index (χ2n) is 4.67. The van der Waals surface area contributed by atoms with Gasteiger partial charge < -0.3 is 15.0 Å². The third-order valence-electron chi connectivity index (χ3n) is 3.32. The fraction of sp³-hybridized carbons (Fsp3) is 0.615. The van der Waals surface area contributed by atoms with Crippen LogP contribution in [0.15, 0.2) is 11.4 Å². The maximum Gasteiger partial charge on any atom is 0.264 e. The molecule has 0 saturated carbocycles. The summed E-state index contributed by atoms with van der Waals surface area (Å²) in [6, 6.07) is 1.83. The Kier molecular flexibility index (Phi) is 4.60. The summed E-state index contributed by atoms with van der Waals surface area (Å²) in [5, 5.41) is 5.07. The molecule has 1 N–H and O–H groups in total. The number of rotatable bonds is 4. The summed E-state index contributed by atoms with van der Waals surface area (Å²) in [6.45, 7) is 2.72. The fourth-order valence-corrected chi connectivity index (χ4v) is 3.22. The van der Waals surface area contributed by atoms with Crippen LogP contribution in [-0.2, 0) is 0 Å². The lowest BCUT2D eigenvalue weighted by Gasteiger charge is -2.32. The van der Waals surface area contributed by atoms with Gasteiger partial charge >= 0.3 is 0 Å². The number of nitrogens with zero attached hydrogens (tertiary/aromatic N) is 1. The monoisotopic (exact) mass is 268 g/mol. The van der Waals surface area contributed by atoms with Crippen molar-refractivity contribution < 1.29 is 9.53 Å². The predicted octanol–water partition coefficient (Wildman–Crippen LogP) is 1.83. The van der Waals surface area contributed by atoms with Gasteiger partial charge in [0.15, 0.2) is 0 Å². The predicted molar refractivity (Wildman–Crippen MR) is 73.4 cm³/mol. The SMILES string of the molecule is CNCC1CCCN(C(=O)c2cc(OC)cs2)C1. The van der Waals surface area contributed by atoms with Crippen molar-refractivity contribution in [3.05, 3.63) is 16.3 Å². The average Bonchev–Trinajstić information content (AvgIpc) is 2.87. The first kappa shape index (κ1) is 13.4. The highest BCUT2D eigenvalue weighted by Crippen LogP contribution is 2.24. The van der Waals surface area contributed by atoms with Crippen molar-refractivity contribution in [2.75, 3.05) is 33.8 Å². The molecule has 5 heteroatoms. The van der Waals surface area contributed by atoms with E-state index in [1.54, 1.807) is 7.11 Å². The van der Waals surface area contributed by atoms with Crippen LogP contribution in [0.3, 0.4) is 0 Å². The van der Waals surface area contributed by atoms with Gasteiger partial charge in [-0.25, -0.2) is 0 Å². The molecule has 2 heterocycles. The van der Waals surface area contributed by atoms with Gasteiger partial charge in [0, 0.05) is 24.5 Å². The molecule has 0 spiro atoms. The number of likely N-dealkylation sites (tertiary alicyclic amines) is 1. The zero-order valence-corrected chi connectivity index (χ0v) is 11.8. The van der Waals surface area contributed by atoms with Crippen LogP contribution in [0.1, 0.15) is 22.5 Å². The average molecular weight is 268 g/mol. The van der Waals surface area contributed by atoms with Gasteiger partial charge in [-0.05, 0) is 32.4 Å². The van der Waals surface area contributed by atoms with E-state index in [1.807, 2.05) is 23.4 Å². The molecule has 1 saturated heterocycles. The fourth-order valence-electron chi connectivity index (χ4n) is 2.40. The summed E-state index contributed by atoms with van der Waals surface area (Å²) in [7, 11) is 3.59. The molecule has 1 aliphatic heterocycles. The van der Waals surface area contributed by atoms with Crippen molar-refractivity contribution in [1.82, 2.24) is 10.2 Å². The lowest BCUT2D eigenvalue weighted by molar-refractivity contribution is 0.0679. The first-order chi connectivity index (χ1) is 8.74. The minimum Gasteiger partial charge on any atom is -0.496 e. The van der Waals surface area contributed by atoms with E-state index in [0.29, 0.717) is 5.92 Å². The first-order valence-corrected chi connectivity index (χ1v) is 7.19. The van der Waals surface area contributed by atoms with Gasteiger partial charge in [0.25, 0.3) is 5.91 Å². The van der Waals surface area contributed by atoms with Crippen LogP contribution in [0.25, 0.3) is 0 Å². The Morgan fingerprint density at radius 3 is 3.17 bits per heavy atom. The number of hydrogen-bond donors (Lipinski definition) is 1. The number of amides is 1. The van der Waals surface area contributed by atoms with Crippen molar-refractivity contribution in [3.8, 4) is 5.75 Å². The Hall–Kier alpha value is -1.07. The van der Waals surface area contributed by atoms with Gasteiger partial charge in [-0.1, -0.05) is 0 Å². The normalized spacial score (nSPS) is 19.9. The van der Waals surface area contributed by atoms with E-state index in [1.165, 1.54) is 17.8 Å². The lowest BCUT2D eigenvalue weighted by Crippen LogP contribution is -2.42. The molecule has 1 aliphatic rings. The Bertz CT molecular complexity index is 403. The van der Waals surface area contributed by atoms with Gasteiger partial charge in [-0.3, -0.25) is 4.79 Å². The molecule has 1 aromatic heterocycles. The number of carbonyl (C=O) groups excluding carboxylic acids is 1. The molecule has 1 aromatic rings. The van der Waals surface area contributed by atoms with E-state index in [4.69, 9.17) is 4.74 Å². The van der Waals surface area contributed by atoms with Crippen molar-refractivity contribution in [2.24, 2.45) is 5.92 Å². The van der Waals surface area contributed by atoms with Crippen LogP contribution in [0.5, 0.6) is 5.75 Å². The third-order valence-corrected chi connectivity index (χ3v) is 4.22. The smallest absolute Gasteiger partial charge is 0.264 e. The number of piperidine rings is 1. The zero-order valence-electron chi connectivity index (χ0n) is 10.9. The molecule has 1 unspecified atom stereocenters. The van der Waals surface area contributed by atoms with Crippen LogP contribution in [0.2, 0.25) is 0 Å². The Balaban J connectivity index is 1.99. The molecule has 0 aromatic carbocycles. The van der Waals surface area contributed by atoms with E-state index in [0.717, 1.165) is 36.7 Å². The van der Waals surface area contributed by atoms with Gasteiger partial charge in [0.2, 0.25) is 0 Å². The van der Waals surface area contributed by atoms with Crippen LogP contribution in [0, 0.1) is 5.92 Å². The molecule has 2 rings (SSSR count). The topological polar surface area (TPSA) is 41.6 Å². The highest BCUT2D eigenvalue weighted by molar-refractivity contribution is 7.12. The summed E-state index contributed by atoms with van der Waals surface area (Å²) < 4.78 is 5.12. The van der Waals surface area contributed by atoms with Gasteiger partial charge in [0.1, 0.15) is 5.75 Å². The standard InChI is InChI=1S/C13H20N2O2S/c1-14-7-10-4-3-5-15(8-10)13(16)12-6-11(17-2)9-18-12/h6,9-10,14H,3-5,7-8H2,1-2H3. The van der Waals surface area contributed by atoms with Crippen LogP contribution in [0.4, 0.5) is 0 Å². The summed E-state index contributed by atoms with van der Waals surface area (Å²) >= 11 is 1.46. The first-order valence-electron chi connectivity index (χ1n) is 6.31. The molecule has 0 bridgehead atoms. The van der Waals surface area contributed by atoms with E-state index in [2.05, 4.69) is 5.32 Å². The molecule has 1 amide bonds. The highest BCUT2D eigenvalue weighted by atomic mass is 32.1. The number of hydrogen-bond acceptors (Lipinski definition) is 4. The van der Waals surface area contributed by atoms with Crippen molar-refractivity contribution in [2.45, 2.75) is 12.8 Å². The molecular weight excluding hydrogens is 248 g/mol. The summed E-state index contributed by atoms with van der Waals surface area (Å²) in [4.78, 5) is 15.1. The van der Waals surface area contributed by atoms with Crippen molar-refractivity contribution in [3.63, 3.8) is 0 Å². The van der Waals surface area contributed by atoms with Gasteiger partial charge in [-0.2, -0.15) is 0 Å². The number of ether oxygens (including phenoxy) is 1. The summed E-state index contributed by atoms with van der Waals surface area (Å²) in [5.74, 6) is 1.49. The number of thiophene rings is 1. The Labute approximate surface area is 112 Å². The Morgan fingerprint density at radius 1 is 1.67 bits per heavy atom. The number of methoxy groups -OCH3 is 1. The van der Waals surface area contributed by atoms with Crippen molar-refractivity contribution in [1.29, 1.82) is 0 Å².